The molecular weight excluding hydrogens is 184 g/mol. The Morgan fingerprint density at radius 1 is 1.07 bits per heavy atom. The van der Waals surface area contributed by atoms with E-state index in [0.717, 1.165) is 19.0 Å². The van der Waals surface area contributed by atoms with Gasteiger partial charge in [-0.05, 0) is 43.5 Å². The van der Waals surface area contributed by atoms with Gasteiger partial charge in [-0.15, -0.1) is 0 Å². The lowest BCUT2D eigenvalue weighted by molar-refractivity contribution is 0.455. The summed E-state index contributed by atoms with van der Waals surface area (Å²) in [5.41, 5.74) is 2.68. The second kappa shape index (κ2) is 3.70. The van der Waals surface area contributed by atoms with Crippen LogP contribution in [0.5, 0.6) is 0 Å². The Morgan fingerprint density at radius 3 is 2.67 bits per heavy atom. The van der Waals surface area contributed by atoms with Gasteiger partial charge in [-0.25, -0.2) is 0 Å². The molecule has 2 N–H and O–H groups in total. The fraction of sp³-hybridized carbons (Fsp3) is 0.385. The Balaban J connectivity index is 1.96. The molecule has 3 rings (SSSR count). The second-order valence-electron chi connectivity index (χ2n) is 4.34. The molecule has 0 spiro atoms. The third kappa shape index (κ3) is 1.65. The number of nitrogens with one attached hydrogen (secondary N) is 2. The summed E-state index contributed by atoms with van der Waals surface area (Å²) in [6.45, 7) is 2.31. The number of benzene rings is 1. The molecule has 2 aromatic rings. The minimum absolute atomic E-state index is 0.721. The Morgan fingerprint density at radius 2 is 1.87 bits per heavy atom. The van der Waals surface area contributed by atoms with Crippen molar-refractivity contribution in [3.8, 4) is 0 Å². The van der Waals surface area contributed by atoms with Gasteiger partial charge in [0.2, 0.25) is 0 Å². The smallest absolute Gasteiger partial charge is 0.0456 e. The minimum Gasteiger partial charge on any atom is -0.358 e. The summed E-state index contributed by atoms with van der Waals surface area (Å²) < 4.78 is 0. The average molecular weight is 200 g/mol. The highest BCUT2D eigenvalue weighted by atomic mass is 14.9. The van der Waals surface area contributed by atoms with Crippen molar-refractivity contribution >= 4 is 10.9 Å². The Labute approximate surface area is 89.7 Å². The maximum Gasteiger partial charge on any atom is 0.0456 e. The molecule has 0 bridgehead atoms. The molecule has 0 atom stereocenters. The fourth-order valence-electron chi connectivity index (χ4n) is 2.45. The molecule has 1 fully saturated rings. The van der Waals surface area contributed by atoms with E-state index in [2.05, 4.69) is 40.6 Å². The van der Waals surface area contributed by atoms with Gasteiger partial charge in [0.25, 0.3) is 0 Å². The lowest BCUT2D eigenvalue weighted by Crippen LogP contribution is -2.26. The van der Waals surface area contributed by atoms with Crippen LogP contribution in [0.1, 0.15) is 24.5 Å². The molecule has 1 aliphatic heterocycles. The van der Waals surface area contributed by atoms with Gasteiger partial charge in [0.05, 0.1) is 0 Å². The van der Waals surface area contributed by atoms with E-state index in [1.807, 2.05) is 0 Å². The fourth-order valence-corrected chi connectivity index (χ4v) is 2.45. The van der Waals surface area contributed by atoms with Crippen LogP contribution in [0.3, 0.4) is 0 Å². The zero-order valence-electron chi connectivity index (χ0n) is 8.79. The first-order chi connectivity index (χ1) is 7.43. The molecule has 78 valence electrons. The van der Waals surface area contributed by atoms with Crippen LogP contribution in [0.25, 0.3) is 10.9 Å². The maximum atomic E-state index is 3.54. The maximum absolute atomic E-state index is 3.54. The first-order valence-corrected chi connectivity index (χ1v) is 5.72. The van der Waals surface area contributed by atoms with Gasteiger partial charge < -0.3 is 10.3 Å². The number of hydrogen-bond acceptors (Lipinski definition) is 1. The number of aromatic amines is 1. The molecule has 2 heteroatoms. The Hall–Kier alpha value is -1.28. The summed E-state index contributed by atoms with van der Waals surface area (Å²) in [6, 6.07) is 10.8. The monoisotopic (exact) mass is 200 g/mol. The van der Waals surface area contributed by atoms with E-state index in [-0.39, 0.29) is 0 Å². The highest BCUT2D eigenvalue weighted by Gasteiger charge is 2.16. The average Bonchev–Trinajstić information content (AvgIpc) is 2.74. The van der Waals surface area contributed by atoms with Crippen molar-refractivity contribution in [2.24, 2.45) is 0 Å². The summed E-state index contributed by atoms with van der Waals surface area (Å²) in [4.78, 5) is 3.54. The standard InChI is InChI=1S/C13H16N2/c1-2-4-12-11(3-1)9-13(15-12)10-5-7-14-8-6-10/h1-4,9-10,14-15H,5-8H2. The van der Waals surface area contributed by atoms with Gasteiger partial charge in [0, 0.05) is 17.1 Å². The third-order valence-corrected chi connectivity index (χ3v) is 3.33. The van der Waals surface area contributed by atoms with Gasteiger partial charge >= 0.3 is 0 Å². The van der Waals surface area contributed by atoms with Crippen molar-refractivity contribution in [3.05, 3.63) is 36.0 Å². The van der Waals surface area contributed by atoms with E-state index in [9.17, 15) is 0 Å². The molecule has 1 aromatic carbocycles. The molecule has 0 saturated carbocycles. The van der Waals surface area contributed by atoms with Gasteiger partial charge in [-0.2, -0.15) is 0 Å². The van der Waals surface area contributed by atoms with Crippen LogP contribution in [-0.2, 0) is 0 Å². The van der Waals surface area contributed by atoms with E-state index < -0.39 is 0 Å². The second-order valence-corrected chi connectivity index (χ2v) is 4.34. The SMILES string of the molecule is c1ccc2[nH]c(C3CCNCC3)cc2c1. The van der Waals surface area contributed by atoms with Crippen LogP contribution < -0.4 is 5.32 Å². The van der Waals surface area contributed by atoms with Crippen molar-refractivity contribution in [1.29, 1.82) is 0 Å². The van der Waals surface area contributed by atoms with Crippen molar-refractivity contribution in [1.82, 2.24) is 10.3 Å². The molecule has 0 amide bonds. The van der Waals surface area contributed by atoms with Crippen molar-refractivity contribution in [3.63, 3.8) is 0 Å². The predicted molar refractivity (Wildman–Crippen MR) is 63.1 cm³/mol. The van der Waals surface area contributed by atoms with E-state index >= 15 is 0 Å². The first kappa shape index (κ1) is 8.98. The van der Waals surface area contributed by atoms with Gasteiger partial charge in [-0.1, -0.05) is 18.2 Å². The quantitative estimate of drug-likeness (QED) is 0.727. The number of hydrogen-bond donors (Lipinski definition) is 2. The van der Waals surface area contributed by atoms with Gasteiger partial charge in [-0.3, -0.25) is 0 Å². The predicted octanol–water partition coefficient (Wildman–Crippen LogP) is 2.63. The lowest BCUT2D eigenvalue weighted by Gasteiger charge is -2.21. The van der Waals surface area contributed by atoms with Crippen molar-refractivity contribution < 1.29 is 0 Å². The summed E-state index contributed by atoms with van der Waals surface area (Å²) in [5.74, 6) is 0.721. The number of piperidine rings is 1. The summed E-state index contributed by atoms with van der Waals surface area (Å²) >= 11 is 0. The van der Waals surface area contributed by atoms with Crippen LogP contribution in [-0.4, -0.2) is 18.1 Å². The first-order valence-electron chi connectivity index (χ1n) is 5.72. The zero-order valence-corrected chi connectivity index (χ0v) is 8.79. The van der Waals surface area contributed by atoms with Gasteiger partial charge in [0.15, 0.2) is 0 Å². The number of fused-ring (bicyclic) bond motifs is 1. The highest BCUT2D eigenvalue weighted by molar-refractivity contribution is 5.80. The van der Waals surface area contributed by atoms with E-state index in [0.29, 0.717) is 0 Å². The number of rotatable bonds is 1. The Bertz CT molecular complexity index is 419. The normalized spacial score (nSPS) is 18.4. The van der Waals surface area contributed by atoms with Gasteiger partial charge in [0.1, 0.15) is 0 Å². The van der Waals surface area contributed by atoms with E-state index in [1.165, 1.54) is 29.4 Å². The number of para-hydroxylation sites is 1. The number of aromatic nitrogens is 1. The molecule has 1 saturated heterocycles. The van der Waals surface area contributed by atoms with Crippen molar-refractivity contribution in [2.45, 2.75) is 18.8 Å². The molecule has 0 unspecified atom stereocenters. The summed E-state index contributed by atoms with van der Waals surface area (Å²) in [7, 11) is 0. The van der Waals surface area contributed by atoms with E-state index in [1.54, 1.807) is 0 Å². The van der Waals surface area contributed by atoms with Crippen molar-refractivity contribution in [2.75, 3.05) is 13.1 Å². The third-order valence-electron chi connectivity index (χ3n) is 3.33. The van der Waals surface area contributed by atoms with Crippen LogP contribution in [0.4, 0.5) is 0 Å². The minimum atomic E-state index is 0.721. The molecule has 1 aliphatic rings. The molecule has 0 radical (unpaired) electrons. The van der Waals surface area contributed by atoms with Crippen LogP contribution >= 0.6 is 0 Å². The van der Waals surface area contributed by atoms with Crippen LogP contribution in [0.2, 0.25) is 0 Å². The summed E-state index contributed by atoms with van der Waals surface area (Å²) in [6.07, 6.45) is 2.51. The molecular formula is C13H16N2. The summed E-state index contributed by atoms with van der Waals surface area (Å²) in [5, 5.41) is 4.74. The zero-order chi connectivity index (χ0) is 10.1. The molecule has 0 aliphatic carbocycles. The molecule has 2 nitrogen and oxygen atoms in total. The number of H-pyrrole nitrogens is 1. The highest BCUT2D eigenvalue weighted by Crippen LogP contribution is 2.27. The Kier molecular flexibility index (Phi) is 2.22. The molecule has 1 aromatic heterocycles. The van der Waals surface area contributed by atoms with E-state index in [4.69, 9.17) is 0 Å². The van der Waals surface area contributed by atoms with Crippen LogP contribution in [0, 0.1) is 0 Å². The lowest BCUT2D eigenvalue weighted by atomic mass is 9.95. The molecule has 2 heterocycles. The topological polar surface area (TPSA) is 27.8 Å². The van der Waals surface area contributed by atoms with Crippen LogP contribution in [0.15, 0.2) is 30.3 Å². The largest absolute Gasteiger partial charge is 0.358 e. The molecule has 15 heavy (non-hydrogen) atoms.